The van der Waals surface area contributed by atoms with Crippen molar-refractivity contribution in [2.75, 3.05) is 13.2 Å². The van der Waals surface area contributed by atoms with Crippen molar-refractivity contribution >= 4 is 11.9 Å². The van der Waals surface area contributed by atoms with Crippen LogP contribution in [0.25, 0.3) is 0 Å². The Labute approximate surface area is 393 Å². The normalized spacial score (nSPS) is 42.7. The molecule has 0 aromatic rings. The van der Waals surface area contributed by atoms with Gasteiger partial charge in [-0.3, -0.25) is 9.59 Å². The molecular weight excluding hydrogens is 875 g/mol. The van der Waals surface area contributed by atoms with Crippen LogP contribution in [0.3, 0.4) is 0 Å². The number of esters is 1. The van der Waals surface area contributed by atoms with Gasteiger partial charge in [-0.1, -0.05) is 92.0 Å². The van der Waals surface area contributed by atoms with E-state index in [9.17, 15) is 60.7 Å². The molecule has 3 heterocycles. The van der Waals surface area contributed by atoms with E-state index in [0.717, 1.165) is 0 Å². The highest BCUT2D eigenvalue weighted by Crippen LogP contribution is 2.38. The Balaban J connectivity index is 1.90. The molecular formula is C48H77N3O16. The van der Waals surface area contributed by atoms with Gasteiger partial charge in [-0.25, -0.2) is 0 Å². The highest BCUT2D eigenvalue weighted by atomic mass is 16.7. The van der Waals surface area contributed by atoms with Gasteiger partial charge in [-0.05, 0) is 33.1 Å². The second kappa shape index (κ2) is 29.5. The van der Waals surface area contributed by atoms with Crippen LogP contribution in [0.15, 0.2) is 85.1 Å². The molecule has 15 N–H and O–H groups in total. The maximum absolute atomic E-state index is 13.7. The number of cyclic esters (lactones) is 1. The van der Waals surface area contributed by atoms with E-state index in [4.69, 9.17) is 30.4 Å². The van der Waals surface area contributed by atoms with E-state index in [1.165, 1.54) is 0 Å². The zero-order chi connectivity index (χ0) is 49.7. The van der Waals surface area contributed by atoms with Gasteiger partial charge in [0.05, 0.1) is 86.0 Å². The average Bonchev–Trinajstić information content (AvgIpc) is 3.24. The monoisotopic (exact) mass is 952 g/mol. The third kappa shape index (κ3) is 21.0. The molecule has 0 radical (unpaired) electrons. The van der Waals surface area contributed by atoms with E-state index >= 15 is 0 Å². The van der Waals surface area contributed by atoms with E-state index in [2.05, 4.69) is 5.32 Å². The van der Waals surface area contributed by atoms with Gasteiger partial charge >= 0.3 is 5.97 Å². The first kappa shape index (κ1) is 57.8. The molecule has 19 heteroatoms. The number of ether oxygens (including phenoxy) is 4. The predicted molar refractivity (Wildman–Crippen MR) is 247 cm³/mol. The quantitative estimate of drug-likeness (QED) is 0.154. The molecule has 380 valence electrons. The van der Waals surface area contributed by atoms with Gasteiger partial charge in [0.15, 0.2) is 12.1 Å². The minimum Gasteiger partial charge on any atom is -0.462 e. The highest BCUT2D eigenvalue weighted by molar-refractivity contribution is 5.80. The van der Waals surface area contributed by atoms with Crippen LogP contribution in [0.5, 0.6) is 0 Å². The molecule has 3 rings (SSSR count). The molecule has 67 heavy (non-hydrogen) atoms. The van der Waals surface area contributed by atoms with Gasteiger partial charge in [0.25, 0.3) is 0 Å². The average molecular weight is 952 g/mol. The number of aliphatic hydroxyl groups is 10. The lowest BCUT2D eigenvalue weighted by Crippen LogP contribution is -2.60. The minimum atomic E-state index is -2.27. The van der Waals surface area contributed by atoms with Crippen molar-refractivity contribution in [2.45, 2.75) is 176 Å². The Morgan fingerprint density at radius 1 is 0.746 bits per heavy atom. The van der Waals surface area contributed by atoms with E-state index < -0.39 is 141 Å². The van der Waals surface area contributed by atoms with Crippen LogP contribution >= 0.6 is 0 Å². The van der Waals surface area contributed by atoms with Crippen molar-refractivity contribution in [3.8, 4) is 0 Å². The summed E-state index contributed by atoms with van der Waals surface area (Å²) < 4.78 is 23.2. The fraction of sp³-hybridized carbons (Fsp3) is 0.667. The number of hydrogen-bond acceptors (Lipinski definition) is 18. The third-order valence-electron chi connectivity index (χ3n) is 11.8. The van der Waals surface area contributed by atoms with Crippen LogP contribution in [-0.4, -0.2) is 174 Å². The molecule has 2 bridgehead atoms. The fourth-order valence-electron chi connectivity index (χ4n) is 7.91. The lowest BCUT2D eigenvalue weighted by molar-refractivity contribution is -0.304. The van der Waals surface area contributed by atoms with Crippen LogP contribution in [-0.2, 0) is 28.5 Å². The standard InChI is InChI=1S/C48H77N3O16/c1-29-16-14-12-10-8-6-4-5-7-9-11-13-15-17-35(66-47-45(61)44(50)40(59)28-64-47)24-41-43(46(62)51-30(2)27-49)39(58)26-48(63,67-41)25-34(54)22-38(57)36(55)19-18-32(52)21-33(53)23-42(60)65-31(3)20-37(29)56/h4-17,29-41,43-45,47,52-59,61,63H,18-28,49-50H2,1-3H3,(H,51,62)/b5-4+,8-6+,9-7+,12-10+,13-11+,16-14+,17-15+/t29-,30?,31-,32?,33?,34?,35?,36?,37-,38?,39-,40+,41-,43+,44-,45-,47-,48?/m0/s1. The summed E-state index contributed by atoms with van der Waals surface area (Å²) >= 11 is 0. The fourth-order valence-corrected chi connectivity index (χ4v) is 7.91. The smallest absolute Gasteiger partial charge is 0.308 e. The number of hydrogen-bond donors (Lipinski definition) is 13. The lowest BCUT2D eigenvalue weighted by atomic mass is 9.82. The number of amides is 1. The Kier molecular flexibility index (Phi) is 25.5. The van der Waals surface area contributed by atoms with Crippen LogP contribution in [0.2, 0.25) is 0 Å². The summed E-state index contributed by atoms with van der Waals surface area (Å²) in [7, 11) is 0. The Bertz CT molecular complexity index is 1690. The molecule has 2 saturated heterocycles. The molecule has 0 aromatic heterocycles. The number of carbonyl (C=O) groups excluding carboxylic acids is 2. The number of carbonyl (C=O) groups is 2. The van der Waals surface area contributed by atoms with E-state index in [1.807, 2.05) is 37.3 Å². The van der Waals surface area contributed by atoms with Crippen molar-refractivity contribution in [3.63, 3.8) is 0 Å². The maximum Gasteiger partial charge on any atom is 0.308 e. The number of aliphatic hydroxyl groups excluding tert-OH is 9. The molecule has 3 aliphatic rings. The summed E-state index contributed by atoms with van der Waals surface area (Å²) in [4.78, 5) is 26.2. The molecule has 19 nitrogen and oxygen atoms in total. The summed E-state index contributed by atoms with van der Waals surface area (Å²) in [5.74, 6) is -5.19. The molecule has 3 aliphatic heterocycles. The van der Waals surface area contributed by atoms with Crippen LogP contribution in [0.1, 0.15) is 78.6 Å². The summed E-state index contributed by atoms with van der Waals surface area (Å²) in [5, 5.41) is 111. The number of nitrogens with one attached hydrogen (secondary N) is 1. The number of rotatable bonds is 5. The van der Waals surface area contributed by atoms with Gasteiger partial charge in [-0.2, -0.15) is 0 Å². The van der Waals surface area contributed by atoms with Crippen molar-refractivity contribution in [3.05, 3.63) is 85.1 Å². The minimum absolute atomic E-state index is 0.0769. The number of allylic oxidation sites excluding steroid dienone is 12. The van der Waals surface area contributed by atoms with Gasteiger partial charge in [-0.15, -0.1) is 0 Å². The Hall–Kier alpha value is -3.48. The van der Waals surface area contributed by atoms with Crippen LogP contribution in [0.4, 0.5) is 0 Å². The first-order valence-corrected chi connectivity index (χ1v) is 23.1. The predicted octanol–water partition coefficient (Wildman–Crippen LogP) is -0.544. The SMILES string of the molecule is CC(CN)NC(=O)[C@H]1[C@@H]2CC(O[C@@H]3OC[C@@H](O)[C@H](N)[C@@H]3O)/C=C/C=C/C=C/C=C/C=C/C=C/C=C/[C@H](C)[C@@H](O)C[C@H](C)OC(=O)CC(O)CC(O)CCC(O)C(O)CC(O)CC(O)(C[C@@H]1O)O2. The highest BCUT2D eigenvalue weighted by Gasteiger charge is 2.50. The summed E-state index contributed by atoms with van der Waals surface area (Å²) in [5.41, 5.74) is 11.8. The molecule has 8 unspecified atom stereocenters. The molecule has 18 atom stereocenters. The third-order valence-corrected chi connectivity index (χ3v) is 11.8. The van der Waals surface area contributed by atoms with Crippen molar-refractivity contribution in [1.82, 2.24) is 5.32 Å². The summed E-state index contributed by atoms with van der Waals surface area (Å²) in [6.07, 6.45) is 5.71. The summed E-state index contributed by atoms with van der Waals surface area (Å²) in [6.45, 7) is 4.94. The van der Waals surface area contributed by atoms with Gasteiger partial charge in [0, 0.05) is 50.6 Å². The van der Waals surface area contributed by atoms with E-state index in [1.54, 1.807) is 68.5 Å². The Morgan fingerprint density at radius 2 is 1.34 bits per heavy atom. The van der Waals surface area contributed by atoms with Crippen LogP contribution < -0.4 is 16.8 Å². The zero-order valence-corrected chi connectivity index (χ0v) is 38.8. The molecule has 0 saturated carbocycles. The first-order valence-electron chi connectivity index (χ1n) is 23.1. The number of nitrogens with two attached hydrogens (primary N) is 2. The van der Waals surface area contributed by atoms with Crippen LogP contribution in [0, 0.1) is 11.8 Å². The molecule has 2 fully saturated rings. The van der Waals surface area contributed by atoms with Crippen molar-refractivity contribution in [1.29, 1.82) is 0 Å². The topological polar surface area (TPSA) is 337 Å². The second-order valence-corrected chi connectivity index (χ2v) is 18.0. The molecule has 0 spiro atoms. The number of fused-ring (bicyclic) bond motifs is 2. The molecule has 0 aliphatic carbocycles. The first-order chi connectivity index (χ1) is 31.7. The van der Waals surface area contributed by atoms with Gasteiger partial charge in [0.1, 0.15) is 12.2 Å². The van der Waals surface area contributed by atoms with Crippen molar-refractivity contribution < 1.29 is 79.6 Å². The van der Waals surface area contributed by atoms with Crippen molar-refractivity contribution in [2.24, 2.45) is 23.3 Å². The summed E-state index contributed by atoms with van der Waals surface area (Å²) in [6, 6.07) is -1.61. The second-order valence-electron chi connectivity index (χ2n) is 18.0. The van der Waals surface area contributed by atoms with Gasteiger partial charge < -0.3 is 86.8 Å². The van der Waals surface area contributed by atoms with E-state index in [0.29, 0.717) is 0 Å². The lowest BCUT2D eigenvalue weighted by Gasteiger charge is -2.46. The maximum atomic E-state index is 13.7. The van der Waals surface area contributed by atoms with Gasteiger partial charge in [0.2, 0.25) is 5.91 Å². The molecule has 1 amide bonds. The van der Waals surface area contributed by atoms with E-state index in [-0.39, 0.29) is 51.2 Å². The largest absolute Gasteiger partial charge is 0.462 e. The zero-order valence-electron chi connectivity index (χ0n) is 38.8. The molecule has 0 aromatic carbocycles. The Morgan fingerprint density at radius 3 is 1.96 bits per heavy atom.